The predicted molar refractivity (Wildman–Crippen MR) is 98.5 cm³/mol. The molecule has 138 valence electrons. The van der Waals surface area contributed by atoms with Crippen LogP contribution in [0, 0.1) is 10.1 Å². The summed E-state index contributed by atoms with van der Waals surface area (Å²) >= 11 is 6.41. The van der Waals surface area contributed by atoms with Crippen LogP contribution in [0.5, 0.6) is 0 Å². The summed E-state index contributed by atoms with van der Waals surface area (Å²) in [6.45, 7) is 1.74. The van der Waals surface area contributed by atoms with Gasteiger partial charge < -0.3 is 14.2 Å². The second kappa shape index (κ2) is 7.69. The average molecular weight is 379 g/mol. The van der Waals surface area contributed by atoms with E-state index in [9.17, 15) is 10.1 Å². The molecule has 0 atom stereocenters. The maximum atomic E-state index is 10.8. The van der Waals surface area contributed by atoms with Gasteiger partial charge in [0.15, 0.2) is 0 Å². The molecule has 2 aromatic heterocycles. The Bertz CT molecular complexity index is 829. The molecule has 3 rings (SSSR count). The lowest BCUT2D eigenvalue weighted by Gasteiger charge is -2.20. The van der Waals surface area contributed by atoms with E-state index in [0.29, 0.717) is 17.1 Å². The molecule has 0 amide bonds. The number of hydrogen-bond donors (Lipinski definition) is 0. The molecule has 1 fully saturated rings. The maximum Gasteiger partial charge on any atom is 0.433 e. The molecule has 0 bridgehead atoms. The second-order valence-corrected chi connectivity index (χ2v) is 6.55. The Kier molecular flexibility index (Phi) is 5.36. The monoisotopic (exact) mass is 378 g/mol. The molecule has 0 aromatic carbocycles. The van der Waals surface area contributed by atoms with Gasteiger partial charge in [-0.15, -0.1) is 0 Å². The fourth-order valence-corrected chi connectivity index (χ4v) is 2.96. The van der Waals surface area contributed by atoms with Crippen molar-refractivity contribution in [1.82, 2.24) is 14.9 Å². The van der Waals surface area contributed by atoms with E-state index in [1.807, 2.05) is 14.1 Å². The molecule has 0 radical (unpaired) electrons. The van der Waals surface area contributed by atoms with Crippen molar-refractivity contribution in [3.8, 4) is 0 Å². The van der Waals surface area contributed by atoms with Crippen molar-refractivity contribution in [2.75, 3.05) is 32.1 Å². The van der Waals surface area contributed by atoms with E-state index in [-0.39, 0.29) is 23.4 Å². The lowest BCUT2D eigenvalue weighted by atomic mass is 10.1. The van der Waals surface area contributed by atoms with Crippen LogP contribution in [-0.2, 0) is 6.42 Å². The molecule has 1 aliphatic heterocycles. The van der Waals surface area contributed by atoms with Crippen molar-refractivity contribution in [2.24, 2.45) is 4.99 Å². The van der Waals surface area contributed by atoms with E-state index < -0.39 is 4.92 Å². The Morgan fingerprint density at radius 2 is 2.12 bits per heavy atom. The number of rotatable bonds is 6. The van der Waals surface area contributed by atoms with Crippen molar-refractivity contribution in [3.05, 3.63) is 38.7 Å². The summed E-state index contributed by atoms with van der Waals surface area (Å²) in [6.07, 6.45) is 4.03. The summed E-state index contributed by atoms with van der Waals surface area (Å²) in [6, 6.07) is 2.90. The number of nitrogens with zero attached hydrogens (tertiary/aromatic N) is 6. The highest BCUT2D eigenvalue weighted by Gasteiger charge is 2.23. The van der Waals surface area contributed by atoms with Crippen LogP contribution in [0.15, 0.2) is 21.5 Å². The van der Waals surface area contributed by atoms with Gasteiger partial charge in [0.2, 0.25) is 0 Å². The topological polar surface area (TPSA) is 101 Å². The Morgan fingerprint density at radius 3 is 2.73 bits per heavy atom. The van der Waals surface area contributed by atoms with E-state index in [2.05, 4.69) is 19.9 Å². The van der Waals surface area contributed by atoms with Gasteiger partial charge in [0.1, 0.15) is 21.7 Å². The number of furan rings is 1. The summed E-state index contributed by atoms with van der Waals surface area (Å²) in [5, 5.41) is 11.1. The van der Waals surface area contributed by atoms with Crippen LogP contribution in [0.25, 0.3) is 0 Å². The molecule has 1 aliphatic rings. The number of halogens is 1. The highest BCUT2D eigenvalue weighted by atomic mass is 35.5. The highest BCUT2D eigenvalue weighted by molar-refractivity contribution is 6.30. The quantitative estimate of drug-likeness (QED) is 0.250. The van der Waals surface area contributed by atoms with Gasteiger partial charge in [-0.3, -0.25) is 10.1 Å². The van der Waals surface area contributed by atoms with E-state index in [0.717, 1.165) is 25.9 Å². The molecule has 3 heterocycles. The van der Waals surface area contributed by atoms with Crippen LogP contribution in [-0.4, -0.2) is 53.3 Å². The van der Waals surface area contributed by atoms with E-state index in [1.165, 1.54) is 6.07 Å². The Labute approximate surface area is 155 Å². The number of aliphatic imine (C=N–C) groups is 1. The lowest BCUT2D eigenvalue weighted by Crippen LogP contribution is -2.21. The van der Waals surface area contributed by atoms with Crippen molar-refractivity contribution in [3.63, 3.8) is 0 Å². The van der Waals surface area contributed by atoms with Crippen molar-refractivity contribution < 1.29 is 9.34 Å². The van der Waals surface area contributed by atoms with Gasteiger partial charge in [-0.1, -0.05) is 11.6 Å². The maximum absolute atomic E-state index is 10.8. The van der Waals surface area contributed by atoms with Crippen LogP contribution in [0.4, 0.5) is 17.7 Å². The zero-order valence-corrected chi connectivity index (χ0v) is 15.3. The molecule has 0 N–H and O–H groups in total. The van der Waals surface area contributed by atoms with Crippen LogP contribution in [0.2, 0.25) is 5.15 Å². The summed E-state index contributed by atoms with van der Waals surface area (Å²) in [4.78, 5) is 27.2. The van der Waals surface area contributed by atoms with Gasteiger partial charge in [0.05, 0.1) is 12.4 Å². The molecule has 9 nitrogen and oxygen atoms in total. The van der Waals surface area contributed by atoms with Crippen LogP contribution in [0.3, 0.4) is 0 Å². The van der Waals surface area contributed by atoms with Crippen LogP contribution < -0.4 is 4.90 Å². The molecule has 26 heavy (non-hydrogen) atoms. The summed E-state index contributed by atoms with van der Waals surface area (Å²) in [7, 11) is 3.70. The molecule has 0 saturated carbocycles. The first-order valence-corrected chi connectivity index (χ1v) is 8.57. The average Bonchev–Trinajstić information content (AvgIpc) is 3.26. The lowest BCUT2D eigenvalue weighted by molar-refractivity contribution is -0.402. The largest absolute Gasteiger partial charge is 0.433 e. The zero-order chi connectivity index (χ0) is 18.7. The van der Waals surface area contributed by atoms with Crippen molar-refractivity contribution in [1.29, 1.82) is 0 Å². The van der Waals surface area contributed by atoms with Crippen molar-refractivity contribution in [2.45, 2.75) is 19.3 Å². The van der Waals surface area contributed by atoms with Gasteiger partial charge in [-0.25, -0.2) is 4.99 Å². The molecule has 0 unspecified atom stereocenters. The molecule has 2 aromatic rings. The van der Waals surface area contributed by atoms with E-state index >= 15 is 0 Å². The van der Waals surface area contributed by atoms with Crippen molar-refractivity contribution >= 4 is 35.6 Å². The molecular weight excluding hydrogens is 360 g/mol. The smallest absolute Gasteiger partial charge is 0.405 e. The fraction of sp³-hybridized carbons (Fsp3) is 0.438. The molecule has 10 heteroatoms. The van der Waals surface area contributed by atoms with Crippen LogP contribution in [0.1, 0.15) is 24.2 Å². The van der Waals surface area contributed by atoms with Gasteiger partial charge in [-0.05, 0) is 18.9 Å². The third-order valence-electron chi connectivity index (χ3n) is 3.91. The first kappa shape index (κ1) is 18.1. The first-order valence-electron chi connectivity index (χ1n) is 8.19. The third-order valence-corrected chi connectivity index (χ3v) is 4.22. The van der Waals surface area contributed by atoms with Gasteiger partial charge in [0.25, 0.3) is 5.95 Å². The van der Waals surface area contributed by atoms with Gasteiger partial charge in [0, 0.05) is 39.2 Å². The SMILES string of the molecule is CN(C)/C=N\c1nc(Cl)c(Cc2ccc([N+](=O)[O-])o2)c(N2CCCC2)n1. The minimum absolute atomic E-state index is 0.270. The van der Waals surface area contributed by atoms with Gasteiger partial charge >= 0.3 is 5.88 Å². The predicted octanol–water partition coefficient (Wildman–Crippen LogP) is 3.04. The highest BCUT2D eigenvalue weighted by Crippen LogP contribution is 2.32. The minimum Gasteiger partial charge on any atom is -0.405 e. The fourth-order valence-electron chi connectivity index (χ4n) is 2.74. The number of hydrogen-bond acceptors (Lipinski definition) is 7. The Morgan fingerprint density at radius 1 is 1.38 bits per heavy atom. The molecule has 0 spiro atoms. The molecule has 0 aliphatic carbocycles. The normalized spacial score (nSPS) is 14.3. The first-order chi connectivity index (χ1) is 12.4. The van der Waals surface area contributed by atoms with Crippen LogP contribution >= 0.6 is 11.6 Å². The number of anilines is 1. The Hall–Kier alpha value is -2.68. The Balaban J connectivity index is 1.97. The summed E-state index contributed by atoms with van der Waals surface area (Å²) in [5.74, 6) is 1.12. The summed E-state index contributed by atoms with van der Waals surface area (Å²) < 4.78 is 5.26. The van der Waals surface area contributed by atoms with E-state index in [4.69, 9.17) is 16.0 Å². The molecular formula is C16H19ClN6O3. The van der Waals surface area contributed by atoms with E-state index in [1.54, 1.807) is 17.3 Å². The third kappa shape index (κ3) is 4.10. The summed E-state index contributed by atoms with van der Waals surface area (Å²) in [5.41, 5.74) is 0.682. The second-order valence-electron chi connectivity index (χ2n) is 6.19. The minimum atomic E-state index is -0.567. The number of aromatic nitrogens is 2. The molecule has 1 saturated heterocycles. The standard InChI is InChI=1S/C16H19ClN6O3/c1-21(2)10-18-16-19-14(17)12(15(20-16)22-7-3-4-8-22)9-11-5-6-13(26-11)23(24)25/h5-6,10H,3-4,7-9H2,1-2H3/b18-10-. The number of nitro groups is 1. The zero-order valence-electron chi connectivity index (χ0n) is 14.6. The van der Waals surface area contributed by atoms with Gasteiger partial charge in [-0.2, -0.15) is 9.97 Å².